The van der Waals surface area contributed by atoms with E-state index in [-0.39, 0.29) is 5.56 Å². The third kappa shape index (κ3) is 13.6. The first kappa shape index (κ1) is 8.56. The normalized spacial score (nSPS) is 18.5. The molecule has 0 aliphatic carbocycles. The number of benzene rings is 2. The highest BCUT2D eigenvalue weighted by Gasteiger charge is 1.99. The van der Waals surface area contributed by atoms with Gasteiger partial charge >= 0.3 is 17.9 Å². The van der Waals surface area contributed by atoms with Crippen LogP contribution in [0.25, 0.3) is 0 Å². The highest BCUT2D eigenvalue weighted by atomic mass is 16.5. The molecular formula is C20H24O7. The average molecular weight is 391 g/mol. The lowest BCUT2D eigenvalue weighted by molar-refractivity contribution is -0.138. The molecule has 0 atom stereocenters. The molecule has 0 saturated heterocycles. The van der Waals surface area contributed by atoms with Crippen LogP contribution in [0.3, 0.4) is 0 Å². The summed E-state index contributed by atoms with van der Waals surface area (Å²) >= 11 is 0. The van der Waals surface area contributed by atoms with E-state index in [4.69, 9.17) is 30.8 Å². The van der Waals surface area contributed by atoms with Crippen molar-refractivity contribution in [2.45, 2.75) is 26.6 Å². The van der Waals surface area contributed by atoms with Crippen LogP contribution in [-0.4, -0.2) is 40.3 Å². The van der Waals surface area contributed by atoms with Crippen molar-refractivity contribution in [2.75, 3.05) is 7.04 Å². The molecule has 0 aliphatic rings. The first-order valence-corrected chi connectivity index (χ1v) is 6.69. The lowest BCUT2D eigenvalue weighted by atomic mass is 10.1. The van der Waals surface area contributed by atoms with Crippen molar-refractivity contribution in [1.82, 2.24) is 0 Å². The van der Waals surface area contributed by atoms with Gasteiger partial charge in [-0.3, -0.25) is 14.4 Å². The Bertz CT molecular complexity index is 1240. The largest absolute Gasteiger partial charge is 0.508 e. The van der Waals surface area contributed by atoms with E-state index in [9.17, 15) is 19.5 Å². The lowest BCUT2D eigenvalue weighted by Gasteiger charge is -1.96. The zero-order valence-electron chi connectivity index (χ0n) is 29.0. The van der Waals surface area contributed by atoms with E-state index in [0.29, 0.717) is 0 Å². The van der Waals surface area contributed by atoms with Crippen LogP contribution in [0.15, 0.2) is 48.3 Å². The maximum absolute atomic E-state index is 10.8. The van der Waals surface area contributed by atoms with Crippen LogP contribution in [0.1, 0.15) is 44.2 Å². The van der Waals surface area contributed by atoms with Crippen molar-refractivity contribution in [2.24, 2.45) is 0 Å². The number of phenols is 1. The van der Waals surface area contributed by atoms with E-state index in [1.54, 1.807) is 0 Å². The van der Waals surface area contributed by atoms with Gasteiger partial charge in [-0.2, -0.15) is 0 Å². The van der Waals surface area contributed by atoms with Crippen LogP contribution >= 0.6 is 0 Å². The number of hydrogen-bond acceptors (Lipinski definition) is 5. The van der Waals surface area contributed by atoms with Crippen molar-refractivity contribution in [3.63, 3.8) is 0 Å². The third-order valence-electron chi connectivity index (χ3n) is 1.97. The highest BCUT2D eigenvalue weighted by molar-refractivity contribution is 5.70. The molecule has 0 spiro atoms. The second kappa shape index (κ2) is 12.9. The number of carboxylic acids is 2. The molecule has 0 heterocycles. The molecule has 0 radical (unpaired) electrons. The van der Waals surface area contributed by atoms with Gasteiger partial charge < -0.3 is 20.1 Å². The van der Waals surface area contributed by atoms with Gasteiger partial charge in [0.05, 0.1) is 34.9 Å². The molecule has 0 aromatic heterocycles. The van der Waals surface area contributed by atoms with Gasteiger partial charge in [-0.15, -0.1) is 0 Å². The number of esters is 1. The predicted octanol–water partition coefficient (Wildman–Crippen LogP) is 2.82. The SMILES string of the molecule is [2H]C([2H])([2H])OC(C)=O.[2H]c1c([2H])c(C([2H])([2H])C(=O)O)c([2H])c([2H])c1C.[2H]c1c([2H])c(C([2H])([2H])C(=O)O)c([2H])c([2H])c1O. The first-order chi connectivity index (χ1) is 18.7. The van der Waals surface area contributed by atoms with Crippen molar-refractivity contribution in [3.05, 3.63) is 65.0 Å². The molecule has 0 amide bonds. The molecule has 7 heteroatoms. The minimum Gasteiger partial charge on any atom is -0.508 e. The van der Waals surface area contributed by atoms with Gasteiger partial charge in [0.1, 0.15) is 5.75 Å². The zero-order chi connectivity index (χ0) is 33.9. The maximum atomic E-state index is 10.8. The quantitative estimate of drug-likeness (QED) is 0.685. The Morgan fingerprint density at radius 3 is 1.67 bits per heavy atom. The minimum atomic E-state index is -3.06. The Morgan fingerprint density at radius 1 is 0.963 bits per heavy atom. The molecule has 0 saturated carbocycles. The highest BCUT2D eigenvalue weighted by Crippen LogP contribution is 2.09. The fourth-order valence-electron chi connectivity index (χ4n) is 1.02. The fourth-order valence-corrected chi connectivity index (χ4v) is 1.02. The van der Waals surface area contributed by atoms with E-state index < -0.39 is 103 Å². The molecule has 2 rings (SSSR count). The third-order valence-corrected chi connectivity index (χ3v) is 1.97. The number of carbonyl (C=O) groups is 3. The van der Waals surface area contributed by atoms with Gasteiger partial charge in [-0.05, 0) is 30.1 Å². The average Bonchev–Trinajstić information content (AvgIpc) is 2.82. The molecule has 0 aliphatic heterocycles. The monoisotopic (exact) mass is 391 g/mol. The van der Waals surface area contributed by atoms with E-state index in [2.05, 4.69) is 4.74 Å². The summed E-state index contributed by atoms with van der Waals surface area (Å²) in [6.07, 6.45) is -6.01. The maximum Gasteiger partial charge on any atom is 0.307 e. The van der Waals surface area contributed by atoms with E-state index >= 15 is 0 Å². The zero-order valence-corrected chi connectivity index (χ0v) is 14.0. The second-order valence-corrected chi connectivity index (χ2v) is 4.18. The Hall–Kier alpha value is -3.35. The Morgan fingerprint density at radius 2 is 1.37 bits per heavy atom. The van der Waals surface area contributed by atoms with Crippen molar-refractivity contribution < 1.29 is 55.0 Å². The molecule has 3 N–H and O–H groups in total. The number of hydrogen-bond donors (Lipinski definition) is 3. The summed E-state index contributed by atoms with van der Waals surface area (Å²) in [6.45, 7) is 2.41. The van der Waals surface area contributed by atoms with Gasteiger partial charge in [0.15, 0.2) is 0 Å². The Balaban J connectivity index is 0.000000642. The van der Waals surface area contributed by atoms with Crippen molar-refractivity contribution in [3.8, 4) is 5.75 Å². The second-order valence-electron chi connectivity index (χ2n) is 4.18. The molecule has 2 aromatic carbocycles. The number of phenolic OH excluding ortho intramolecular Hbond substituents is 1. The van der Waals surface area contributed by atoms with E-state index in [1.165, 1.54) is 6.92 Å². The standard InChI is InChI=1S/C9H10O2.C8H8O3.C3H6O2/c1-7-2-4-8(5-3-7)6-9(10)11;9-7-3-1-6(2-4-7)5-8(10)11;1-3(4)5-2/h2-5H,6H2,1H3,(H,10,11);1-4,9H,5H2,(H,10,11);1-2H3/i2D,3D,4D,5D,6D2;1D,2D,3D,4D,5D2;2D3. The number of aliphatic carboxylic acids is 2. The van der Waals surface area contributed by atoms with Crippen LogP contribution in [0, 0.1) is 6.92 Å². The van der Waals surface area contributed by atoms with Gasteiger partial charge in [-0.1, -0.05) is 41.8 Å². The first-order valence-electron chi connectivity index (χ1n) is 14.2. The van der Waals surface area contributed by atoms with Gasteiger partial charge in [0, 0.05) is 12.4 Å². The summed E-state index contributed by atoms with van der Waals surface area (Å²) in [5.74, 6) is -5.50. The molecule has 2 aromatic rings. The summed E-state index contributed by atoms with van der Waals surface area (Å²) in [6, 6.07) is -5.71. The topological polar surface area (TPSA) is 121 Å². The van der Waals surface area contributed by atoms with Gasteiger partial charge in [-0.25, -0.2) is 0 Å². The van der Waals surface area contributed by atoms with Crippen LogP contribution in [-0.2, 0) is 31.9 Å². The summed E-state index contributed by atoms with van der Waals surface area (Å²) in [7, 11) is -2.58. The van der Waals surface area contributed by atoms with E-state index in [1.807, 2.05) is 0 Å². The molecule has 0 fully saturated rings. The number of carbonyl (C=O) groups excluding carboxylic acids is 1. The lowest BCUT2D eigenvalue weighted by Crippen LogP contribution is -1.99. The summed E-state index contributed by atoms with van der Waals surface area (Å²) in [5.41, 5.74) is -1.59. The van der Waals surface area contributed by atoms with Crippen molar-refractivity contribution >= 4 is 17.9 Å². The molecule has 146 valence electrons. The Labute approximate surface area is 178 Å². The number of ether oxygens (including phenoxy) is 1. The van der Waals surface area contributed by atoms with Crippen LogP contribution < -0.4 is 0 Å². The van der Waals surface area contributed by atoms with Crippen LogP contribution in [0.4, 0.5) is 0 Å². The van der Waals surface area contributed by atoms with Crippen LogP contribution in [0.5, 0.6) is 5.75 Å². The number of methoxy groups -OCH3 is 1. The number of rotatable bonds is 4. The summed E-state index contributed by atoms with van der Waals surface area (Å²) < 4.78 is 111. The number of carboxylic acid groups (broad SMARTS) is 2. The van der Waals surface area contributed by atoms with Crippen LogP contribution in [0.2, 0.25) is 0 Å². The predicted molar refractivity (Wildman–Crippen MR) is 99.7 cm³/mol. The van der Waals surface area contributed by atoms with Crippen molar-refractivity contribution in [1.29, 1.82) is 0 Å². The van der Waals surface area contributed by atoms with Gasteiger partial charge in [0.2, 0.25) is 0 Å². The summed E-state index contributed by atoms with van der Waals surface area (Å²) in [4.78, 5) is 31.4. The van der Waals surface area contributed by atoms with Gasteiger partial charge in [0.25, 0.3) is 0 Å². The summed E-state index contributed by atoms with van der Waals surface area (Å²) in [5, 5.41) is 26.6. The molecule has 0 unspecified atom stereocenters. The molecule has 0 bridgehead atoms. The minimum absolute atomic E-state index is 0.0601. The Kier molecular flexibility index (Phi) is 4.10. The molecule has 7 nitrogen and oxygen atoms in total. The molecular weight excluding hydrogens is 352 g/mol. The number of aromatic hydroxyl groups is 1. The fraction of sp³-hybridized carbons (Fsp3) is 0.250. The van der Waals surface area contributed by atoms with E-state index in [0.717, 1.165) is 6.92 Å². The molecule has 27 heavy (non-hydrogen) atoms. The smallest absolute Gasteiger partial charge is 0.307 e.